The van der Waals surface area contributed by atoms with Gasteiger partial charge in [0.05, 0.1) is 12.8 Å². The van der Waals surface area contributed by atoms with Crippen LogP contribution in [-0.4, -0.2) is 10.5 Å². The second kappa shape index (κ2) is 7.51. The summed E-state index contributed by atoms with van der Waals surface area (Å²) < 4.78 is 6.96. The van der Waals surface area contributed by atoms with E-state index < -0.39 is 0 Å². The molecule has 0 aliphatic heterocycles. The van der Waals surface area contributed by atoms with Crippen molar-refractivity contribution in [2.45, 2.75) is 58.5 Å². The minimum absolute atomic E-state index is 0.166. The van der Waals surface area contributed by atoms with Gasteiger partial charge in [-0.15, -0.1) is 0 Å². The SMILES string of the molecule is CCCCn1cc2c(c(C(=O)NCc3ccco3)c1=O)CCCC2. The molecule has 5 heteroatoms. The van der Waals surface area contributed by atoms with Crippen LogP contribution in [-0.2, 0) is 25.9 Å². The summed E-state index contributed by atoms with van der Waals surface area (Å²) in [6.45, 7) is 3.06. The Hall–Kier alpha value is -2.30. The molecule has 3 rings (SSSR count). The molecule has 1 N–H and O–H groups in total. The van der Waals surface area contributed by atoms with Crippen molar-refractivity contribution in [3.05, 3.63) is 57.4 Å². The molecule has 0 bridgehead atoms. The molecule has 1 aliphatic rings. The molecule has 2 heterocycles. The van der Waals surface area contributed by atoms with Crippen LogP contribution in [0.2, 0.25) is 0 Å². The molecule has 0 saturated carbocycles. The average Bonchev–Trinajstić information content (AvgIpc) is 3.11. The summed E-state index contributed by atoms with van der Waals surface area (Å²) in [4.78, 5) is 25.5. The van der Waals surface area contributed by atoms with E-state index in [1.54, 1.807) is 23.0 Å². The third kappa shape index (κ3) is 3.45. The molecule has 0 saturated heterocycles. The van der Waals surface area contributed by atoms with Gasteiger partial charge in [-0.05, 0) is 55.4 Å². The quantitative estimate of drug-likeness (QED) is 0.886. The highest BCUT2D eigenvalue weighted by Crippen LogP contribution is 2.23. The van der Waals surface area contributed by atoms with Crippen LogP contribution < -0.4 is 10.9 Å². The molecule has 0 unspecified atom stereocenters. The molecule has 2 aromatic heterocycles. The molecule has 0 fully saturated rings. The van der Waals surface area contributed by atoms with Crippen molar-refractivity contribution in [1.82, 2.24) is 9.88 Å². The highest BCUT2D eigenvalue weighted by Gasteiger charge is 2.23. The molecule has 5 nitrogen and oxygen atoms in total. The molecule has 128 valence electrons. The summed E-state index contributed by atoms with van der Waals surface area (Å²) in [5.74, 6) is 0.389. The van der Waals surface area contributed by atoms with Gasteiger partial charge in [0.25, 0.3) is 11.5 Å². The molecule has 0 atom stereocenters. The van der Waals surface area contributed by atoms with Gasteiger partial charge in [0.1, 0.15) is 11.3 Å². The summed E-state index contributed by atoms with van der Waals surface area (Å²) in [6.07, 6.45) is 9.40. The second-order valence-electron chi connectivity index (χ2n) is 6.33. The zero-order valence-corrected chi connectivity index (χ0v) is 14.1. The van der Waals surface area contributed by atoms with Gasteiger partial charge in [0.15, 0.2) is 0 Å². The van der Waals surface area contributed by atoms with Crippen LogP contribution in [0.1, 0.15) is 59.9 Å². The first-order valence-corrected chi connectivity index (χ1v) is 8.76. The van der Waals surface area contributed by atoms with E-state index in [0.29, 0.717) is 24.4 Å². The predicted octanol–water partition coefficient (Wildman–Crippen LogP) is 3.05. The zero-order valence-electron chi connectivity index (χ0n) is 14.1. The smallest absolute Gasteiger partial charge is 0.263 e. The molecule has 0 spiro atoms. The van der Waals surface area contributed by atoms with Crippen LogP contribution in [0.5, 0.6) is 0 Å². The molecular formula is C19H24N2O3. The summed E-state index contributed by atoms with van der Waals surface area (Å²) in [5, 5.41) is 2.83. The number of unbranched alkanes of at least 4 members (excludes halogenated alkanes) is 1. The number of hydrogen-bond acceptors (Lipinski definition) is 3. The number of furan rings is 1. The summed E-state index contributed by atoms with van der Waals surface area (Å²) in [7, 11) is 0. The van der Waals surface area contributed by atoms with Crippen molar-refractivity contribution in [3.8, 4) is 0 Å². The van der Waals surface area contributed by atoms with E-state index in [1.165, 1.54) is 0 Å². The summed E-state index contributed by atoms with van der Waals surface area (Å²) >= 11 is 0. The largest absolute Gasteiger partial charge is 0.467 e. The van der Waals surface area contributed by atoms with E-state index in [0.717, 1.165) is 49.7 Å². The molecular weight excluding hydrogens is 304 g/mol. The fourth-order valence-corrected chi connectivity index (χ4v) is 3.27. The van der Waals surface area contributed by atoms with E-state index in [4.69, 9.17) is 4.42 Å². The number of hydrogen-bond donors (Lipinski definition) is 1. The van der Waals surface area contributed by atoms with Crippen LogP contribution in [0.15, 0.2) is 33.8 Å². The zero-order chi connectivity index (χ0) is 16.9. The maximum absolute atomic E-state index is 12.8. The molecule has 1 amide bonds. The normalized spacial score (nSPS) is 13.5. The lowest BCUT2D eigenvalue weighted by Crippen LogP contribution is -2.35. The van der Waals surface area contributed by atoms with Crippen LogP contribution in [0.25, 0.3) is 0 Å². The van der Waals surface area contributed by atoms with E-state index in [9.17, 15) is 9.59 Å². The first-order chi connectivity index (χ1) is 11.7. The Bertz CT molecular complexity index is 760. The van der Waals surface area contributed by atoms with Crippen molar-refractivity contribution in [2.24, 2.45) is 0 Å². The molecule has 2 aromatic rings. The number of nitrogens with zero attached hydrogens (tertiary/aromatic N) is 1. The maximum Gasteiger partial charge on any atom is 0.263 e. The molecule has 0 aromatic carbocycles. The Kier molecular flexibility index (Phi) is 5.18. The lowest BCUT2D eigenvalue weighted by Gasteiger charge is -2.21. The van der Waals surface area contributed by atoms with Crippen molar-refractivity contribution in [2.75, 3.05) is 0 Å². The van der Waals surface area contributed by atoms with E-state index in [-0.39, 0.29) is 11.5 Å². The number of amides is 1. The van der Waals surface area contributed by atoms with Gasteiger partial charge in [0.2, 0.25) is 0 Å². The Morgan fingerprint density at radius 2 is 2.17 bits per heavy atom. The number of fused-ring (bicyclic) bond motifs is 1. The predicted molar refractivity (Wildman–Crippen MR) is 92.1 cm³/mol. The minimum atomic E-state index is -0.291. The minimum Gasteiger partial charge on any atom is -0.467 e. The number of aryl methyl sites for hydroxylation is 2. The van der Waals surface area contributed by atoms with Crippen LogP contribution in [0, 0.1) is 0 Å². The number of carbonyl (C=O) groups is 1. The highest BCUT2D eigenvalue weighted by molar-refractivity contribution is 5.95. The number of rotatable bonds is 6. The van der Waals surface area contributed by atoms with Gasteiger partial charge < -0.3 is 14.3 Å². The lowest BCUT2D eigenvalue weighted by atomic mass is 9.89. The van der Waals surface area contributed by atoms with E-state index in [2.05, 4.69) is 12.2 Å². The topological polar surface area (TPSA) is 64.2 Å². The molecule has 0 radical (unpaired) electrons. The van der Waals surface area contributed by atoms with Crippen molar-refractivity contribution in [1.29, 1.82) is 0 Å². The summed E-state index contributed by atoms with van der Waals surface area (Å²) in [6, 6.07) is 3.59. The van der Waals surface area contributed by atoms with Crippen molar-refractivity contribution in [3.63, 3.8) is 0 Å². The first-order valence-electron chi connectivity index (χ1n) is 8.76. The van der Waals surface area contributed by atoms with Gasteiger partial charge in [0, 0.05) is 12.7 Å². The van der Waals surface area contributed by atoms with Crippen LogP contribution in [0.4, 0.5) is 0 Å². The van der Waals surface area contributed by atoms with Crippen molar-refractivity contribution < 1.29 is 9.21 Å². The van der Waals surface area contributed by atoms with E-state index >= 15 is 0 Å². The molecule has 24 heavy (non-hydrogen) atoms. The Balaban J connectivity index is 1.91. The Morgan fingerprint density at radius 3 is 2.92 bits per heavy atom. The second-order valence-corrected chi connectivity index (χ2v) is 6.33. The van der Waals surface area contributed by atoms with Gasteiger partial charge in [-0.25, -0.2) is 0 Å². The van der Waals surface area contributed by atoms with E-state index in [1.807, 2.05) is 6.20 Å². The first kappa shape index (κ1) is 16.6. The van der Waals surface area contributed by atoms with Gasteiger partial charge in [-0.2, -0.15) is 0 Å². The number of pyridine rings is 1. The standard InChI is InChI=1S/C19H24N2O3/c1-2-3-10-21-13-14-7-4-5-9-16(14)17(19(21)23)18(22)20-12-15-8-6-11-24-15/h6,8,11,13H,2-5,7,9-10,12H2,1H3,(H,20,22). The fourth-order valence-electron chi connectivity index (χ4n) is 3.27. The fraction of sp³-hybridized carbons (Fsp3) is 0.474. The number of nitrogens with one attached hydrogen (secondary N) is 1. The van der Waals surface area contributed by atoms with Crippen molar-refractivity contribution >= 4 is 5.91 Å². The van der Waals surface area contributed by atoms with Gasteiger partial charge in [-0.3, -0.25) is 9.59 Å². The van der Waals surface area contributed by atoms with Gasteiger partial charge in [-0.1, -0.05) is 13.3 Å². The highest BCUT2D eigenvalue weighted by atomic mass is 16.3. The number of aromatic nitrogens is 1. The molecule has 1 aliphatic carbocycles. The third-order valence-electron chi connectivity index (χ3n) is 4.58. The lowest BCUT2D eigenvalue weighted by molar-refractivity contribution is 0.0944. The summed E-state index contributed by atoms with van der Waals surface area (Å²) in [5.41, 5.74) is 2.26. The van der Waals surface area contributed by atoms with Gasteiger partial charge >= 0.3 is 0 Å². The Morgan fingerprint density at radius 1 is 1.33 bits per heavy atom. The number of carbonyl (C=O) groups excluding carboxylic acids is 1. The Labute approximate surface area is 141 Å². The average molecular weight is 328 g/mol. The van der Waals surface area contributed by atoms with Crippen LogP contribution in [0.3, 0.4) is 0 Å². The monoisotopic (exact) mass is 328 g/mol. The third-order valence-corrected chi connectivity index (χ3v) is 4.58. The maximum atomic E-state index is 12.8. The van der Waals surface area contributed by atoms with Crippen LogP contribution >= 0.6 is 0 Å².